The molecule has 0 spiro atoms. The average molecular weight is 309 g/mol. The molecule has 0 fully saturated rings. The van der Waals surface area contributed by atoms with E-state index in [1.54, 1.807) is 11.3 Å². The molecule has 0 saturated carbocycles. The number of halogens is 2. The first-order chi connectivity index (χ1) is 5.70. The zero-order chi connectivity index (χ0) is 8.72. The molecule has 0 N–H and O–H groups in total. The van der Waals surface area contributed by atoms with Crippen LogP contribution in [0.25, 0.3) is 10.1 Å². The van der Waals surface area contributed by atoms with Gasteiger partial charge in [-0.25, -0.2) is 0 Å². The Kier molecular flexibility index (Phi) is 2.31. The molecule has 0 nitrogen and oxygen atoms in total. The van der Waals surface area contributed by atoms with Crippen molar-refractivity contribution >= 4 is 55.6 Å². The summed E-state index contributed by atoms with van der Waals surface area (Å²) in [5, 5.41) is 2.08. The van der Waals surface area contributed by atoms with E-state index < -0.39 is 0 Å². The van der Waals surface area contributed by atoms with E-state index in [9.17, 15) is 0 Å². The highest BCUT2D eigenvalue weighted by atomic mass is 127. The topological polar surface area (TPSA) is 0 Å². The summed E-state index contributed by atoms with van der Waals surface area (Å²) in [6.45, 7) is 2.12. The summed E-state index contributed by atoms with van der Waals surface area (Å²) in [5.74, 6) is 0. The SMILES string of the molecule is Cc1c(I)sc2cccc(Cl)c12. The summed E-state index contributed by atoms with van der Waals surface area (Å²) < 4.78 is 2.61. The second-order valence-electron chi connectivity index (χ2n) is 2.61. The zero-order valence-electron chi connectivity index (χ0n) is 6.40. The molecule has 0 aliphatic heterocycles. The van der Waals surface area contributed by atoms with E-state index in [1.807, 2.05) is 12.1 Å². The molecule has 2 aromatic rings. The third-order valence-corrected chi connectivity index (χ3v) is 4.67. The second-order valence-corrected chi connectivity index (χ2v) is 5.88. The predicted octanol–water partition coefficient (Wildman–Crippen LogP) is 4.47. The van der Waals surface area contributed by atoms with E-state index in [1.165, 1.54) is 18.5 Å². The molecular formula is C9H6ClIS. The van der Waals surface area contributed by atoms with Crippen LogP contribution in [0, 0.1) is 9.81 Å². The van der Waals surface area contributed by atoms with Crippen LogP contribution in [0.15, 0.2) is 18.2 Å². The number of fused-ring (bicyclic) bond motifs is 1. The first-order valence-electron chi connectivity index (χ1n) is 3.53. The van der Waals surface area contributed by atoms with Crippen molar-refractivity contribution in [1.82, 2.24) is 0 Å². The van der Waals surface area contributed by atoms with Crippen molar-refractivity contribution in [2.45, 2.75) is 6.92 Å². The van der Waals surface area contributed by atoms with Crippen molar-refractivity contribution in [2.75, 3.05) is 0 Å². The van der Waals surface area contributed by atoms with Gasteiger partial charge in [0.15, 0.2) is 0 Å². The Morgan fingerprint density at radius 3 is 2.83 bits per heavy atom. The number of hydrogen-bond donors (Lipinski definition) is 0. The van der Waals surface area contributed by atoms with Gasteiger partial charge in [-0.2, -0.15) is 0 Å². The lowest BCUT2D eigenvalue weighted by Crippen LogP contribution is -1.71. The van der Waals surface area contributed by atoms with Gasteiger partial charge in [0.25, 0.3) is 0 Å². The molecule has 0 aliphatic rings. The van der Waals surface area contributed by atoms with Crippen molar-refractivity contribution in [3.05, 3.63) is 31.7 Å². The van der Waals surface area contributed by atoms with Gasteiger partial charge in [-0.3, -0.25) is 0 Å². The van der Waals surface area contributed by atoms with Gasteiger partial charge in [0.1, 0.15) is 0 Å². The van der Waals surface area contributed by atoms with Crippen LogP contribution in [0.4, 0.5) is 0 Å². The largest absolute Gasteiger partial charge is 0.129 e. The Morgan fingerprint density at radius 2 is 2.17 bits per heavy atom. The molecule has 0 saturated heterocycles. The normalized spacial score (nSPS) is 10.9. The Labute approximate surface area is 93.7 Å². The molecule has 0 aliphatic carbocycles. The number of thiophene rings is 1. The lowest BCUT2D eigenvalue weighted by molar-refractivity contribution is 1.57. The molecule has 0 amide bonds. The summed E-state index contributed by atoms with van der Waals surface area (Å²) in [6, 6.07) is 6.05. The quantitative estimate of drug-likeness (QED) is 0.630. The van der Waals surface area contributed by atoms with E-state index in [4.69, 9.17) is 11.6 Å². The molecule has 1 aromatic heterocycles. The van der Waals surface area contributed by atoms with Gasteiger partial charge < -0.3 is 0 Å². The average Bonchev–Trinajstić information content (AvgIpc) is 2.29. The summed E-state index contributed by atoms with van der Waals surface area (Å²) in [6.07, 6.45) is 0. The van der Waals surface area contributed by atoms with Crippen molar-refractivity contribution in [3.8, 4) is 0 Å². The van der Waals surface area contributed by atoms with Crippen LogP contribution in [0.5, 0.6) is 0 Å². The van der Waals surface area contributed by atoms with Crippen LogP contribution in [0.2, 0.25) is 5.02 Å². The van der Waals surface area contributed by atoms with E-state index in [2.05, 4.69) is 35.6 Å². The highest BCUT2D eigenvalue weighted by molar-refractivity contribution is 14.1. The maximum absolute atomic E-state index is 6.08. The summed E-state index contributed by atoms with van der Waals surface area (Å²) in [5.41, 5.74) is 1.31. The van der Waals surface area contributed by atoms with Crippen LogP contribution < -0.4 is 0 Å². The van der Waals surface area contributed by atoms with Crippen molar-refractivity contribution in [1.29, 1.82) is 0 Å². The molecule has 62 valence electrons. The maximum Gasteiger partial charge on any atom is 0.0695 e. The van der Waals surface area contributed by atoms with E-state index >= 15 is 0 Å². The van der Waals surface area contributed by atoms with Crippen LogP contribution in [-0.2, 0) is 0 Å². The van der Waals surface area contributed by atoms with Crippen molar-refractivity contribution in [2.24, 2.45) is 0 Å². The molecule has 0 unspecified atom stereocenters. The fourth-order valence-corrected chi connectivity index (χ4v) is 3.54. The fraction of sp³-hybridized carbons (Fsp3) is 0.111. The Balaban J connectivity index is 2.97. The highest BCUT2D eigenvalue weighted by Gasteiger charge is 2.07. The smallest absolute Gasteiger partial charge is 0.0695 e. The molecule has 2 rings (SSSR count). The summed E-state index contributed by atoms with van der Waals surface area (Å²) in [7, 11) is 0. The van der Waals surface area contributed by atoms with Crippen LogP contribution in [0.3, 0.4) is 0 Å². The predicted molar refractivity (Wildman–Crippen MR) is 64.3 cm³/mol. The van der Waals surface area contributed by atoms with Gasteiger partial charge in [0.05, 0.1) is 2.88 Å². The van der Waals surface area contributed by atoms with Gasteiger partial charge in [0.2, 0.25) is 0 Å². The summed E-state index contributed by atoms with van der Waals surface area (Å²) in [4.78, 5) is 0. The fourth-order valence-electron chi connectivity index (χ4n) is 1.22. The molecule has 0 bridgehead atoms. The molecule has 1 heterocycles. The van der Waals surface area contributed by atoms with Crippen LogP contribution in [-0.4, -0.2) is 0 Å². The molecule has 0 atom stereocenters. The summed E-state index contributed by atoms with van der Waals surface area (Å²) >= 11 is 10.2. The second kappa shape index (κ2) is 3.16. The van der Waals surface area contributed by atoms with E-state index in [-0.39, 0.29) is 0 Å². The minimum Gasteiger partial charge on any atom is -0.129 e. The van der Waals surface area contributed by atoms with Gasteiger partial charge >= 0.3 is 0 Å². The van der Waals surface area contributed by atoms with Gasteiger partial charge in [-0.1, -0.05) is 17.7 Å². The third kappa shape index (κ3) is 1.26. The van der Waals surface area contributed by atoms with Gasteiger partial charge in [-0.05, 0) is 47.2 Å². The van der Waals surface area contributed by atoms with Crippen molar-refractivity contribution < 1.29 is 0 Å². The van der Waals surface area contributed by atoms with E-state index in [0.29, 0.717) is 0 Å². The molecule has 0 radical (unpaired) electrons. The first-order valence-corrected chi connectivity index (χ1v) is 5.80. The molecule has 1 aromatic carbocycles. The minimum atomic E-state index is 0.865. The lowest BCUT2D eigenvalue weighted by Gasteiger charge is -1.93. The number of benzene rings is 1. The van der Waals surface area contributed by atoms with E-state index in [0.717, 1.165) is 5.02 Å². The Bertz CT molecular complexity index is 433. The third-order valence-electron chi connectivity index (χ3n) is 1.84. The number of aryl methyl sites for hydroxylation is 1. The Hall–Kier alpha value is 0.200. The lowest BCUT2D eigenvalue weighted by atomic mass is 10.2. The van der Waals surface area contributed by atoms with Gasteiger partial charge in [0, 0.05) is 15.1 Å². The Morgan fingerprint density at radius 1 is 1.42 bits per heavy atom. The maximum atomic E-state index is 6.08. The number of hydrogen-bond acceptors (Lipinski definition) is 1. The molecular weight excluding hydrogens is 303 g/mol. The van der Waals surface area contributed by atoms with Crippen molar-refractivity contribution in [3.63, 3.8) is 0 Å². The first kappa shape index (κ1) is 8.78. The standard InChI is InChI=1S/C9H6ClIS/c1-5-8-6(10)3-2-4-7(8)12-9(5)11/h2-4H,1H3. The van der Waals surface area contributed by atoms with Crippen LogP contribution >= 0.6 is 45.5 Å². The highest BCUT2D eigenvalue weighted by Crippen LogP contribution is 2.35. The minimum absolute atomic E-state index is 0.865. The zero-order valence-corrected chi connectivity index (χ0v) is 10.1. The molecule has 12 heavy (non-hydrogen) atoms. The monoisotopic (exact) mass is 308 g/mol. The van der Waals surface area contributed by atoms with Crippen LogP contribution in [0.1, 0.15) is 5.56 Å². The molecule has 3 heteroatoms. The number of rotatable bonds is 0. The van der Waals surface area contributed by atoms with Gasteiger partial charge in [-0.15, -0.1) is 11.3 Å².